The molecule has 1 aromatic carbocycles. The van der Waals surface area contributed by atoms with Gasteiger partial charge in [-0.15, -0.1) is 0 Å². The van der Waals surface area contributed by atoms with Crippen LogP contribution in [0, 0.1) is 0 Å². The van der Waals surface area contributed by atoms with Crippen LogP contribution in [0.4, 0.5) is 5.69 Å². The Bertz CT molecular complexity index is 413. The lowest BCUT2D eigenvalue weighted by Gasteiger charge is -2.14. The van der Waals surface area contributed by atoms with Gasteiger partial charge in [-0.25, -0.2) is 4.79 Å². The molecule has 0 aliphatic carbocycles. The number of nitrogens with two attached hydrogens (primary N) is 1. The molecule has 3 N–H and O–H groups in total. The Labute approximate surface area is 109 Å². The largest absolute Gasteiger partial charge is 0.478 e. The fourth-order valence-electron chi connectivity index (χ4n) is 2.34. The molecule has 3 nitrogen and oxygen atoms in total. The summed E-state index contributed by atoms with van der Waals surface area (Å²) in [5, 5.41) is 9.24. The molecule has 0 saturated heterocycles. The van der Waals surface area contributed by atoms with Gasteiger partial charge in [-0.3, -0.25) is 0 Å². The van der Waals surface area contributed by atoms with Gasteiger partial charge in [0, 0.05) is 5.69 Å². The number of rotatable bonds is 7. The van der Waals surface area contributed by atoms with E-state index < -0.39 is 5.97 Å². The van der Waals surface area contributed by atoms with E-state index in [1.165, 1.54) is 12.8 Å². The molecule has 0 saturated carbocycles. The van der Waals surface area contributed by atoms with Crippen LogP contribution >= 0.6 is 0 Å². The first-order chi connectivity index (χ1) is 8.61. The summed E-state index contributed by atoms with van der Waals surface area (Å²) >= 11 is 0. The molecular formula is C15H23NO2. The Hall–Kier alpha value is -1.51. The first kappa shape index (κ1) is 14.6. The maximum Gasteiger partial charge on any atom is 0.335 e. The van der Waals surface area contributed by atoms with E-state index in [9.17, 15) is 9.90 Å². The second-order valence-electron chi connectivity index (χ2n) is 4.63. The summed E-state index contributed by atoms with van der Waals surface area (Å²) in [6, 6.07) is 3.34. The number of unbranched alkanes of at least 4 members (excludes halogenated alkanes) is 3. The molecule has 0 aromatic heterocycles. The lowest BCUT2D eigenvalue weighted by molar-refractivity contribution is 0.0695. The minimum atomic E-state index is -0.852. The minimum Gasteiger partial charge on any atom is -0.478 e. The molecule has 100 valence electrons. The zero-order valence-electron chi connectivity index (χ0n) is 11.3. The lowest BCUT2D eigenvalue weighted by atomic mass is 9.93. The van der Waals surface area contributed by atoms with Crippen molar-refractivity contribution >= 4 is 11.7 Å². The third kappa shape index (κ3) is 3.49. The summed E-state index contributed by atoms with van der Waals surface area (Å²) in [6.07, 6.45) is 6.17. The third-order valence-electron chi connectivity index (χ3n) is 3.33. The summed E-state index contributed by atoms with van der Waals surface area (Å²) in [4.78, 5) is 11.2. The topological polar surface area (TPSA) is 63.3 Å². The summed E-state index contributed by atoms with van der Waals surface area (Å²) < 4.78 is 0. The predicted molar refractivity (Wildman–Crippen MR) is 75.0 cm³/mol. The van der Waals surface area contributed by atoms with E-state index >= 15 is 0 Å². The number of carboxylic acids is 1. The van der Waals surface area contributed by atoms with Gasteiger partial charge in [-0.05, 0) is 42.5 Å². The maximum absolute atomic E-state index is 11.2. The predicted octanol–water partition coefficient (Wildman–Crippen LogP) is 3.65. The van der Waals surface area contributed by atoms with E-state index in [2.05, 4.69) is 6.92 Å². The molecule has 1 aromatic rings. The van der Waals surface area contributed by atoms with Gasteiger partial charge in [-0.2, -0.15) is 0 Å². The minimum absolute atomic E-state index is 0.414. The van der Waals surface area contributed by atoms with E-state index in [4.69, 9.17) is 5.73 Å². The molecule has 0 fully saturated rings. The van der Waals surface area contributed by atoms with E-state index in [0.717, 1.165) is 36.8 Å². The van der Waals surface area contributed by atoms with Crippen molar-refractivity contribution < 1.29 is 9.90 Å². The Balaban J connectivity index is 2.96. The van der Waals surface area contributed by atoms with Crippen molar-refractivity contribution in [3.63, 3.8) is 0 Å². The average Bonchev–Trinajstić information content (AvgIpc) is 2.34. The Morgan fingerprint density at radius 1 is 1.17 bits per heavy atom. The molecule has 0 atom stereocenters. The maximum atomic E-state index is 11.2. The molecule has 3 heteroatoms. The molecular weight excluding hydrogens is 226 g/mol. The van der Waals surface area contributed by atoms with Crippen molar-refractivity contribution in [3.8, 4) is 0 Å². The normalized spacial score (nSPS) is 10.6. The molecule has 1 rings (SSSR count). The van der Waals surface area contributed by atoms with Crippen LogP contribution in [0.1, 0.15) is 61.0 Å². The van der Waals surface area contributed by atoms with Gasteiger partial charge in [-0.1, -0.05) is 33.1 Å². The number of nitrogen functional groups attached to an aromatic ring is 1. The second-order valence-corrected chi connectivity index (χ2v) is 4.63. The van der Waals surface area contributed by atoms with Crippen LogP contribution in [0.2, 0.25) is 0 Å². The molecule has 18 heavy (non-hydrogen) atoms. The molecule has 0 aliphatic rings. The summed E-state index contributed by atoms with van der Waals surface area (Å²) in [5.74, 6) is -0.852. The van der Waals surface area contributed by atoms with Gasteiger partial charge in [0.15, 0.2) is 0 Å². The first-order valence-electron chi connectivity index (χ1n) is 6.75. The van der Waals surface area contributed by atoms with E-state index in [-0.39, 0.29) is 0 Å². The molecule has 0 amide bonds. The highest BCUT2D eigenvalue weighted by molar-refractivity contribution is 5.90. The Morgan fingerprint density at radius 2 is 1.89 bits per heavy atom. The quantitative estimate of drug-likeness (QED) is 0.572. The van der Waals surface area contributed by atoms with Crippen LogP contribution < -0.4 is 5.73 Å². The average molecular weight is 249 g/mol. The standard InChI is InChI=1S/C15H23NO2/c1-3-5-6-7-8-12-11(4-2)14(16)10-9-13(12)15(17)18/h9-10H,3-8,16H2,1-2H3,(H,17,18). The fraction of sp³-hybridized carbons (Fsp3) is 0.533. The number of anilines is 1. The monoisotopic (exact) mass is 249 g/mol. The molecule has 0 aliphatic heterocycles. The van der Waals surface area contributed by atoms with Gasteiger partial charge in [0.2, 0.25) is 0 Å². The first-order valence-corrected chi connectivity index (χ1v) is 6.75. The van der Waals surface area contributed by atoms with Crippen molar-refractivity contribution in [2.45, 2.75) is 52.4 Å². The van der Waals surface area contributed by atoms with Gasteiger partial charge < -0.3 is 10.8 Å². The number of carbonyl (C=O) groups is 1. The molecule has 0 bridgehead atoms. The number of aromatic carboxylic acids is 1. The highest BCUT2D eigenvalue weighted by atomic mass is 16.4. The number of hydrogen-bond acceptors (Lipinski definition) is 2. The summed E-state index contributed by atoms with van der Waals surface area (Å²) in [6.45, 7) is 4.19. The Morgan fingerprint density at radius 3 is 2.44 bits per heavy atom. The highest BCUT2D eigenvalue weighted by Gasteiger charge is 2.15. The molecule has 0 spiro atoms. The number of hydrogen-bond donors (Lipinski definition) is 2. The van der Waals surface area contributed by atoms with Crippen LogP contribution in [0.3, 0.4) is 0 Å². The SMILES string of the molecule is CCCCCCc1c(C(=O)O)ccc(N)c1CC. The van der Waals surface area contributed by atoms with E-state index in [0.29, 0.717) is 11.3 Å². The van der Waals surface area contributed by atoms with Crippen molar-refractivity contribution in [3.05, 3.63) is 28.8 Å². The zero-order chi connectivity index (χ0) is 13.5. The van der Waals surface area contributed by atoms with Crippen molar-refractivity contribution in [2.24, 2.45) is 0 Å². The fourth-order valence-corrected chi connectivity index (χ4v) is 2.34. The number of carboxylic acid groups (broad SMARTS) is 1. The van der Waals surface area contributed by atoms with E-state index in [1.807, 2.05) is 6.92 Å². The van der Waals surface area contributed by atoms with Gasteiger partial charge in [0.1, 0.15) is 0 Å². The van der Waals surface area contributed by atoms with Gasteiger partial charge in [0.25, 0.3) is 0 Å². The smallest absolute Gasteiger partial charge is 0.335 e. The lowest BCUT2D eigenvalue weighted by Crippen LogP contribution is -2.08. The van der Waals surface area contributed by atoms with Crippen LogP contribution in [-0.2, 0) is 12.8 Å². The van der Waals surface area contributed by atoms with Gasteiger partial charge in [0.05, 0.1) is 5.56 Å². The van der Waals surface area contributed by atoms with Gasteiger partial charge >= 0.3 is 5.97 Å². The van der Waals surface area contributed by atoms with Crippen molar-refractivity contribution in [1.29, 1.82) is 0 Å². The van der Waals surface area contributed by atoms with Crippen LogP contribution in [0.5, 0.6) is 0 Å². The molecule has 0 unspecified atom stereocenters. The Kier molecular flexibility index (Phi) is 5.69. The van der Waals surface area contributed by atoms with Crippen molar-refractivity contribution in [1.82, 2.24) is 0 Å². The summed E-state index contributed by atoms with van der Waals surface area (Å²) in [7, 11) is 0. The summed E-state index contributed by atoms with van der Waals surface area (Å²) in [5.41, 5.74) is 9.01. The van der Waals surface area contributed by atoms with Crippen LogP contribution in [0.15, 0.2) is 12.1 Å². The highest BCUT2D eigenvalue weighted by Crippen LogP contribution is 2.24. The van der Waals surface area contributed by atoms with Crippen molar-refractivity contribution in [2.75, 3.05) is 5.73 Å². The van der Waals surface area contributed by atoms with E-state index in [1.54, 1.807) is 12.1 Å². The van der Waals surface area contributed by atoms with Crippen LogP contribution in [-0.4, -0.2) is 11.1 Å². The third-order valence-corrected chi connectivity index (χ3v) is 3.33. The zero-order valence-corrected chi connectivity index (χ0v) is 11.3. The molecule has 0 heterocycles. The number of benzene rings is 1. The van der Waals surface area contributed by atoms with Crippen LogP contribution in [0.25, 0.3) is 0 Å². The molecule has 0 radical (unpaired) electrons. The second kappa shape index (κ2) is 7.04.